The lowest BCUT2D eigenvalue weighted by Gasteiger charge is -2.30. The van der Waals surface area contributed by atoms with E-state index in [0.29, 0.717) is 24.6 Å². The number of nitrogens with zero attached hydrogens (tertiary/aromatic N) is 2. The third-order valence-corrected chi connectivity index (χ3v) is 5.28. The van der Waals surface area contributed by atoms with Crippen molar-refractivity contribution in [2.24, 2.45) is 4.99 Å². The van der Waals surface area contributed by atoms with Gasteiger partial charge in [0.2, 0.25) is 0 Å². The van der Waals surface area contributed by atoms with E-state index in [2.05, 4.69) is 50.9 Å². The summed E-state index contributed by atoms with van der Waals surface area (Å²) in [5.74, 6) is 1.84. The molecule has 0 saturated carbocycles. The molecule has 1 aliphatic heterocycles. The number of likely N-dealkylation sites (N-methyl/N-ethyl adjacent to an activating group) is 1. The Morgan fingerprint density at radius 3 is 2.55 bits per heavy atom. The van der Waals surface area contributed by atoms with Crippen LogP contribution in [-0.4, -0.2) is 57.2 Å². The number of hydrogen-bond acceptors (Lipinski definition) is 4. The van der Waals surface area contributed by atoms with Gasteiger partial charge in [0.05, 0.1) is 7.11 Å². The van der Waals surface area contributed by atoms with Crippen LogP contribution in [0, 0.1) is 0 Å². The zero-order chi connectivity index (χ0) is 22.8. The fraction of sp³-hybridized carbons (Fsp3) is 0.360. The van der Waals surface area contributed by atoms with Crippen LogP contribution < -0.4 is 20.1 Å². The van der Waals surface area contributed by atoms with Crippen LogP contribution in [0.25, 0.3) is 5.57 Å². The topological polar surface area (TPSA) is 75.2 Å². The number of carbonyl (C=O) groups is 1. The van der Waals surface area contributed by atoms with Crippen molar-refractivity contribution in [3.63, 3.8) is 0 Å². The second-order valence-electron chi connectivity index (χ2n) is 7.42. The number of aliphatic imine (C=N–C) groups is 1. The average molecular weight is 564 g/mol. The second-order valence-corrected chi connectivity index (χ2v) is 7.42. The van der Waals surface area contributed by atoms with Gasteiger partial charge in [0.15, 0.2) is 24.1 Å². The Labute approximate surface area is 213 Å². The van der Waals surface area contributed by atoms with Gasteiger partial charge in [-0.25, -0.2) is 0 Å². The lowest BCUT2D eigenvalue weighted by atomic mass is 10.00. The quantitative estimate of drug-likeness (QED) is 0.291. The van der Waals surface area contributed by atoms with Gasteiger partial charge < -0.3 is 25.0 Å². The lowest BCUT2D eigenvalue weighted by molar-refractivity contribution is -0.123. The molecule has 33 heavy (non-hydrogen) atoms. The van der Waals surface area contributed by atoms with Crippen molar-refractivity contribution in [3.05, 3.63) is 65.7 Å². The summed E-state index contributed by atoms with van der Waals surface area (Å²) in [4.78, 5) is 18.3. The number of hydrogen-bond donors (Lipinski definition) is 2. The van der Waals surface area contributed by atoms with Crippen molar-refractivity contribution >= 4 is 41.4 Å². The molecule has 8 heteroatoms. The molecule has 0 bridgehead atoms. The molecule has 1 aliphatic rings. The molecule has 0 aliphatic carbocycles. The van der Waals surface area contributed by atoms with Crippen molar-refractivity contribution in [1.82, 2.24) is 15.5 Å². The standard InChI is InChI=1S/C25H32N4O3.HI/c1-4-27-24(30)18-32-22-11-10-19(16-23(22)31-3)17-28-25(26-2)29-14-12-21(13-15-29)20-8-6-5-7-9-20;/h5-12,16H,4,13-15,17-18H2,1-3H3,(H,26,28)(H,27,30);1H. The molecule has 7 nitrogen and oxygen atoms in total. The van der Waals surface area contributed by atoms with E-state index in [0.717, 1.165) is 31.0 Å². The molecule has 2 aromatic carbocycles. The van der Waals surface area contributed by atoms with Crippen LogP contribution >= 0.6 is 24.0 Å². The number of amides is 1. The number of halogens is 1. The Morgan fingerprint density at radius 1 is 1.12 bits per heavy atom. The maximum Gasteiger partial charge on any atom is 0.257 e. The van der Waals surface area contributed by atoms with E-state index in [9.17, 15) is 4.79 Å². The van der Waals surface area contributed by atoms with Crippen LogP contribution in [0.2, 0.25) is 0 Å². The predicted molar refractivity (Wildman–Crippen MR) is 143 cm³/mol. The molecule has 1 heterocycles. The van der Waals surface area contributed by atoms with Gasteiger partial charge in [0.1, 0.15) is 0 Å². The van der Waals surface area contributed by atoms with Crippen molar-refractivity contribution < 1.29 is 14.3 Å². The van der Waals surface area contributed by atoms with Gasteiger partial charge in [-0.2, -0.15) is 0 Å². The van der Waals surface area contributed by atoms with E-state index in [1.165, 1.54) is 11.1 Å². The molecule has 0 fully saturated rings. The minimum atomic E-state index is -0.157. The first-order chi connectivity index (χ1) is 15.6. The summed E-state index contributed by atoms with van der Waals surface area (Å²) in [6, 6.07) is 16.2. The first-order valence-corrected chi connectivity index (χ1v) is 10.9. The van der Waals surface area contributed by atoms with E-state index in [4.69, 9.17) is 9.47 Å². The lowest BCUT2D eigenvalue weighted by Crippen LogP contribution is -2.43. The molecule has 2 aromatic rings. The Morgan fingerprint density at radius 2 is 1.91 bits per heavy atom. The zero-order valence-electron chi connectivity index (χ0n) is 19.5. The van der Waals surface area contributed by atoms with Gasteiger partial charge in [-0.15, -0.1) is 24.0 Å². The van der Waals surface area contributed by atoms with E-state index in [1.54, 1.807) is 14.2 Å². The largest absolute Gasteiger partial charge is 0.493 e. The fourth-order valence-corrected chi connectivity index (χ4v) is 3.62. The van der Waals surface area contributed by atoms with Crippen molar-refractivity contribution in [2.75, 3.05) is 40.4 Å². The number of methoxy groups -OCH3 is 1. The molecule has 0 atom stereocenters. The number of nitrogens with one attached hydrogen (secondary N) is 2. The normalized spacial score (nSPS) is 13.5. The maximum absolute atomic E-state index is 11.6. The van der Waals surface area contributed by atoms with E-state index < -0.39 is 0 Å². The van der Waals surface area contributed by atoms with E-state index in [1.807, 2.05) is 31.2 Å². The highest BCUT2D eigenvalue weighted by molar-refractivity contribution is 14.0. The van der Waals surface area contributed by atoms with Crippen LogP contribution in [0.3, 0.4) is 0 Å². The molecular weight excluding hydrogens is 531 g/mol. The number of rotatable bonds is 8. The highest BCUT2D eigenvalue weighted by atomic mass is 127. The summed E-state index contributed by atoms with van der Waals surface area (Å²) in [6.07, 6.45) is 3.26. The molecule has 0 spiro atoms. The van der Waals surface area contributed by atoms with Gasteiger partial charge in [-0.05, 0) is 42.2 Å². The fourth-order valence-electron chi connectivity index (χ4n) is 3.62. The van der Waals surface area contributed by atoms with Gasteiger partial charge in [0.25, 0.3) is 5.91 Å². The third kappa shape index (κ3) is 7.66. The summed E-state index contributed by atoms with van der Waals surface area (Å²) in [5, 5.41) is 6.14. The molecule has 178 valence electrons. The first kappa shape index (κ1) is 26.5. The number of carbonyl (C=O) groups excluding carboxylic acids is 1. The smallest absolute Gasteiger partial charge is 0.257 e. The summed E-state index contributed by atoms with van der Waals surface area (Å²) < 4.78 is 11.0. The monoisotopic (exact) mass is 564 g/mol. The second kappa shape index (κ2) is 13.7. The summed E-state index contributed by atoms with van der Waals surface area (Å²) >= 11 is 0. The minimum absolute atomic E-state index is 0. The van der Waals surface area contributed by atoms with Crippen LogP contribution in [0.15, 0.2) is 59.6 Å². The molecule has 0 aromatic heterocycles. The summed E-state index contributed by atoms with van der Waals surface area (Å²) in [7, 11) is 3.40. The molecule has 1 amide bonds. The van der Waals surface area contributed by atoms with Crippen molar-refractivity contribution in [3.8, 4) is 11.5 Å². The maximum atomic E-state index is 11.6. The van der Waals surface area contributed by atoms with Crippen molar-refractivity contribution in [2.45, 2.75) is 19.9 Å². The van der Waals surface area contributed by atoms with Gasteiger partial charge in [0, 0.05) is 33.2 Å². The summed E-state index contributed by atoms with van der Waals surface area (Å²) in [5.41, 5.74) is 3.70. The average Bonchev–Trinajstić information content (AvgIpc) is 2.84. The Kier molecular flexibility index (Phi) is 11.0. The third-order valence-electron chi connectivity index (χ3n) is 5.28. The number of ether oxygens (including phenoxy) is 2. The van der Waals surface area contributed by atoms with Gasteiger partial charge in [-0.1, -0.05) is 42.5 Å². The van der Waals surface area contributed by atoms with Crippen LogP contribution in [0.1, 0.15) is 24.5 Å². The molecule has 0 saturated heterocycles. The Balaban J connectivity index is 0.00000385. The number of benzene rings is 2. The van der Waals surface area contributed by atoms with E-state index in [-0.39, 0.29) is 36.5 Å². The number of guanidine groups is 1. The molecule has 3 rings (SSSR count). The molecule has 0 radical (unpaired) electrons. The predicted octanol–water partition coefficient (Wildman–Crippen LogP) is 3.69. The van der Waals surface area contributed by atoms with Crippen LogP contribution in [0.5, 0.6) is 11.5 Å². The van der Waals surface area contributed by atoms with Gasteiger partial charge >= 0.3 is 0 Å². The highest BCUT2D eigenvalue weighted by Crippen LogP contribution is 2.28. The van der Waals surface area contributed by atoms with Crippen LogP contribution in [-0.2, 0) is 11.3 Å². The summed E-state index contributed by atoms with van der Waals surface area (Å²) in [6.45, 7) is 4.74. The molecular formula is C25H33IN4O3. The van der Waals surface area contributed by atoms with E-state index >= 15 is 0 Å². The molecule has 0 unspecified atom stereocenters. The zero-order valence-corrected chi connectivity index (χ0v) is 21.8. The first-order valence-electron chi connectivity index (χ1n) is 10.9. The SMILES string of the molecule is CCNC(=O)COc1ccc(CNC(=NC)N2CC=C(c3ccccc3)CC2)cc1OC.I. The van der Waals surface area contributed by atoms with Gasteiger partial charge in [-0.3, -0.25) is 9.79 Å². The van der Waals surface area contributed by atoms with Crippen LogP contribution in [0.4, 0.5) is 0 Å². The Hall–Kier alpha value is -2.75. The van der Waals surface area contributed by atoms with Crippen molar-refractivity contribution in [1.29, 1.82) is 0 Å². The highest BCUT2D eigenvalue weighted by Gasteiger charge is 2.16. The Bertz CT molecular complexity index is 963. The molecule has 2 N–H and O–H groups in total. The minimum Gasteiger partial charge on any atom is -0.493 e.